The first-order valence-corrected chi connectivity index (χ1v) is 5.51. The minimum atomic E-state index is 0.513. The number of hydrogen-bond acceptors (Lipinski definition) is 2. The Morgan fingerprint density at radius 1 is 0.706 bits per heavy atom. The van der Waals surface area contributed by atoms with E-state index in [-0.39, 0.29) is 0 Å². The summed E-state index contributed by atoms with van der Waals surface area (Å²) in [6.07, 6.45) is 0. The maximum absolute atomic E-state index is 5.58. The molecule has 0 unspecified atom stereocenters. The van der Waals surface area contributed by atoms with E-state index < -0.39 is 0 Å². The van der Waals surface area contributed by atoms with E-state index in [1.54, 1.807) is 0 Å². The zero-order valence-corrected chi connectivity index (χ0v) is 9.50. The highest BCUT2D eigenvalue weighted by Crippen LogP contribution is 2.09. The largest absolute Gasteiger partial charge is 0.490 e. The molecule has 2 aromatic carbocycles. The average Bonchev–Trinajstić information content (AvgIpc) is 2.38. The SMILES string of the molecule is [B]c1ccc(OCCOc2ccccc2)cc1. The Kier molecular flexibility index (Phi) is 4.08. The normalized spacial score (nSPS) is 9.88. The average molecular weight is 224 g/mol. The topological polar surface area (TPSA) is 18.5 Å². The molecule has 0 aliphatic rings. The van der Waals surface area contributed by atoms with Crippen LogP contribution in [0.1, 0.15) is 0 Å². The summed E-state index contributed by atoms with van der Waals surface area (Å²) in [5, 5.41) is 0. The molecule has 2 nitrogen and oxygen atoms in total. The van der Waals surface area contributed by atoms with E-state index in [2.05, 4.69) is 0 Å². The molecule has 2 aromatic rings. The van der Waals surface area contributed by atoms with Crippen LogP contribution in [0.4, 0.5) is 0 Å². The van der Waals surface area contributed by atoms with Crippen molar-refractivity contribution < 1.29 is 9.47 Å². The lowest BCUT2D eigenvalue weighted by atomic mass is 9.97. The van der Waals surface area contributed by atoms with Gasteiger partial charge in [-0.05, 0) is 24.3 Å². The predicted molar refractivity (Wildman–Crippen MR) is 69.3 cm³/mol. The van der Waals surface area contributed by atoms with E-state index in [0.29, 0.717) is 13.2 Å². The van der Waals surface area contributed by atoms with Crippen LogP contribution in [-0.4, -0.2) is 21.1 Å². The number of rotatable bonds is 5. The van der Waals surface area contributed by atoms with Crippen molar-refractivity contribution in [1.29, 1.82) is 0 Å². The Balaban J connectivity index is 1.71. The Hall–Kier alpha value is -1.90. The van der Waals surface area contributed by atoms with E-state index in [1.165, 1.54) is 0 Å². The van der Waals surface area contributed by atoms with E-state index in [4.69, 9.17) is 17.3 Å². The van der Waals surface area contributed by atoms with Crippen molar-refractivity contribution in [2.45, 2.75) is 0 Å². The van der Waals surface area contributed by atoms with Crippen molar-refractivity contribution in [3.8, 4) is 11.5 Å². The highest BCUT2D eigenvalue weighted by atomic mass is 16.5. The second-order valence-electron chi connectivity index (χ2n) is 3.58. The number of benzene rings is 2. The van der Waals surface area contributed by atoms with Gasteiger partial charge in [0.1, 0.15) is 32.6 Å². The molecule has 0 N–H and O–H groups in total. The minimum Gasteiger partial charge on any atom is -0.490 e. The molecule has 0 atom stereocenters. The van der Waals surface area contributed by atoms with Gasteiger partial charge in [0.15, 0.2) is 0 Å². The molecule has 3 heteroatoms. The summed E-state index contributed by atoms with van der Waals surface area (Å²) >= 11 is 0. The zero-order valence-electron chi connectivity index (χ0n) is 9.50. The molecule has 0 amide bonds. The van der Waals surface area contributed by atoms with Gasteiger partial charge in [0, 0.05) is 0 Å². The summed E-state index contributed by atoms with van der Waals surface area (Å²) in [4.78, 5) is 0. The second-order valence-corrected chi connectivity index (χ2v) is 3.58. The first-order valence-electron chi connectivity index (χ1n) is 5.51. The Morgan fingerprint density at radius 3 is 1.82 bits per heavy atom. The van der Waals surface area contributed by atoms with Crippen LogP contribution >= 0.6 is 0 Å². The highest BCUT2D eigenvalue weighted by molar-refractivity contribution is 6.32. The molecular formula is C14H13BO2. The van der Waals surface area contributed by atoms with Gasteiger partial charge in [0.2, 0.25) is 0 Å². The van der Waals surface area contributed by atoms with Crippen molar-refractivity contribution in [3.63, 3.8) is 0 Å². The molecule has 17 heavy (non-hydrogen) atoms. The van der Waals surface area contributed by atoms with Gasteiger partial charge in [0.25, 0.3) is 0 Å². The molecule has 2 rings (SSSR count). The van der Waals surface area contributed by atoms with E-state index in [1.807, 2.05) is 54.6 Å². The molecule has 0 aliphatic carbocycles. The van der Waals surface area contributed by atoms with Gasteiger partial charge in [-0.15, -0.1) is 0 Å². The zero-order chi connectivity index (χ0) is 11.9. The molecule has 84 valence electrons. The molecule has 0 aliphatic heterocycles. The molecule has 0 saturated carbocycles. The summed E-state index contributed by atoms with van der Waals surface area (Å²) in [6, 6.07) is 17.0. The predicted octanol–water partition coefficient (Wildman–Crippen LogP) is 1.94. The third-order valence-corrected chi connectivity index (χ3v) is 2.24. The molecular weight excluding hydrogens is 211 g/mol. The van der Waals surface area contributed by atoms with Gasteiger partial charge in [-0.25, -0.2) is 0 Å². The van der Waals surface area contributed by atoms with E-state index in [9.17, 15) is 0 Å². The van der Waals surface area contributed by atoms with Crippen molar-refractivity contribution in [3.05, 3.63) is 54.6 Å². The molecule has 0 heterocycles. The van der Waals surface area contributed by atoms with Gasteiger partial charge < -0.3 is 9.47 Å². The summed E-state index contributed by atoms with van der Waals surface area (Å²) in [6.45, 7) is 1.03. The summed E-state index contributed by atoms with van der Waals surface area (Å²) in [7, 11) is 5.58. The molecule has 0 saturated heterocycles. The summed E-state index contributed by atoms with van der Waals surface area (Å²) in [5.74, 6) is 1.66. The molecule has 0 fully saturated rings. The Labute approximate surface area is 103 Å². The fraction of sp³-hybridized carbons (Fsp3) is 0.143. The standard InChI is InChI=1S/C14H13BO2/c15-12-6-8-14(9-7-12)17-11-10-16-13-4-2-1-3-5-13/h1-9H,10-11H2. The first-order chi connectivity index (χ1) is 8.34. The lowest BCUT2D eigenvalue weighted by Crippen LogP contribution is -2.09. The summed E-state index contributed by atoms with van der Waals surface area (Å²) < 4.78 is 11.0. The fourth-order valence-corrected chi connectivity index (χ4v) is 1.40. The quantitative estimate of drug-likeness (QED) is 0.570. The summed E-state index contributed by atoms with van der Waals surface area (Å²) in [5.41, 5.74) is 0.734. The lowest BCUT2D eigenvalue weighted by Gasteiger charge is -2.08. The van der Waals surface area contributed by atoms with Crippen LogP contribution in [0, 0.1) is 0 Å². The van der Waals surface area contributed by atoms with Crippen LogP contribution < -0.4 is 14.9 Å². The van der Waals surface area contributed by atoms with Crippen LogP contribution in [0.25, 0.3) is 0 Å². The first kappa shape index (κ1) is 11.6. The van der Waals surface area contributed by atoms with Gasteiger partial charge >= 0.3 is 0 Å². The Bertz CT molecular complexity index is 440. The monoisotopic (exact) mass is 224 g/mol. The van der Waals surface area contributed by atoms with Crippen LogP contribution in [0.2, 0.25) is 0 Å². The number of ether oxygens (including phenoxy) is 2. The third kappa shape index (κ3) is 3.87. The van der Waals surface area contributed by atoms with E-state index >= 15 is 0 Å². The second kappa shape index (κ2) is 5.99. The minimum absolute atomic E-state index is 0.513. The molecule has 2 radical (unpaired) electrons. The van der Waals surface area contributed by atoms with Gasteiger partial charge in [-0.3, -0.25) is 0 Å². The van der Waals surface area contributed by atoms with Crippen LogP contribution in [0.5, 0.6) is 11.5 Å². The number of para-hydroxylation sites is 1. The smallest absolute Gasteiger partial charge is 0.122 e. The molecule has 0 aromatic heterocycles. The van der Waals surface area contributed by atoms with Gasteiger partial charge in [-0.2, -0.15) is 0 Å². The Morgan fingerprint density at radius 2 is 1.24 bits per heavy atom. The van der Waals surface area contributed by atoms with Crippen molar-refractivity contribution in [1.82, 2.24) is 0 Å². The van der Waals surface area contributed by atoms with Crippen molar-refractivity contribution >= 4 is 13.3 Å². The maximum Gasteiger partial charge on any atom is 0.122 e. The van der Waals surface area contributed by atoms with Crippen LogP contribution in [0.15, 0.2) is 54.6 Å². The highest BCUT2D eigenvalue weighted by Gasteiger charge is 1.94. The van der Waals surface area contributed by atoms with Crippen molar-refractivity contribution in [2.75, 3.05) is 13.2 Å². The van der Waals surface area contributed by atoms with Gasteiger partial charge in [0.05, 0.1) is 0 Å². The lowest BCUT2D eigenvalue weighted by molar-refractivity contribution is 0.217. The maximum atomic E-state index is 5.58. The van der Waals surface area contributed by atoms with Crippen molar-refractivity contribution in [2.24, 2.45) is 0 Å². The van der Waals surface area contributed by atoms with Crippen LogP contribution in [0.3, 0.4) is 0 Å². The molecule has 0 bridgehead atoms. The number of hydrogen-bond donors (Lipinski definition) is 0. The third-order valence-electron chi connectivity index (χ3n) is 2.24. The van der Waals surface area contributed by atoms with Gasteiger partial charge in [-0.1, -0.05) is 35.8 Å². The van der Waals surface area contributed by atoms with E-state index in [0.717, 1.165) is 17.0 Å². The fourth-order valence-electron chi connectivity index (χ4n) is 1.40. The van der Waals surface area contributed by atoms with Crippen LogP contribution in [-0.2, 0) is 0 Å². The molecule has 0 spiro atoms.